The van der Waals surface area contributed by atoms with Gasteiger partial charge in [-0.2, -0.15) is 0 Å². The highest BCUT2D eigenvalue weighted by atomic mass is 16.5. The van der Waals surface area contributed by atoms with E-state index in [-0.39, 0.29) is 0 Å². The minimum Gasteiger partial charge on any atom is -0.457 e. The first-order valence-electron chi connectivity index (χ1n) is 21.9. The van der Waals surface area contributed by atoms with E-state index < -0.39 is 0 Å². The van der Waals surface area contributed by atoms with Crippen molar-refractivity contribution >= 4 is 21.8 Å². The van der Waals surface area contributed by atoms with Gasteiger partial charge in [0.2, 0.25) is 17.7 Å². The summed E-state index contributed by atoms with van der Waals surface area (Å²) in [5.41, 5.74) is 9.93. The molecule has 0 atom stereocenters. The van der Waals surface area contributed by atoms with Crippen LogP contribution in [0.3, 0.4) is 0 Å². The summed E-state index contributed by atoms with van der Waals surface area (Å²) >= 11 is 0. The number of benzene rings is 7. The van der Waals surface area contributed by atoms with Gasteiger partial charge in [-0.05, 0) is 121 Å². The summed E-state index contributed by atoms with van der Waals surface area (Å²) in [5, 5.41) is 2.00. The summed E-state index contributed by atoms with van der Waals surface area (Å²) in [6.07, 6.45) is 3.39. The third-order valence-corrected chi connectivity index (χ3v) is 11.4. The third kappa shape index (κ3) is 8.65. The number of aryl methyl sites for hydroxylation is 2. The van der Waals surface area contributed by atoms with Crippen molar-refractivity contribution in [2.45, 2.75) is 13.8 Å². The highest BCUT2D eigenvalue weighted by Gasteiger charge is 2.20. The molecule has 11 aromatic rings. The molecule has 0 aliphatic heterocycles. The van der Waals surface area contributed by atoms with Crippen LogP contribution in [-0.4, -0.2) is 24.5 Å². The molecule has 0 saturated heterocycles. The molecule has 4 heterocycles. The van der Waals surface area contributed by atoms with Crippen molar-refractivity contribution < 1.29 is 18.9 Å². The normalized spacial score (nSPS) is 11.1. The third-order valence-electron chi connectivity index (χ3n) is 11.4. The van der Waals surface area contributed by atoms with Crippen molar-refractivity contribution in [3.05, 3.63) is 224 Å². The largest absolute Gasteiger partial charge is 0.457 e. The van der Waals surface area contributed by atoms with Crippen LogP contribution in [-0.2, 0) is 0 Å². The van der Waals surface area contributed by atoms with E-state index in [9.17, 15) is 0 Å². The van der Waals surface area contributed by atoms with Gasteiger partial charge in [0.15, 0.2) is 0 Å². The number of hydrogen-bond acceptors (Lipinski definition) is 8. The lowest BCUT2D eigenvalue weighted by molar-refractivity contribution is 0.448. The lowest BCUT2D eigenvalue weighted by Gasteiger charge is -2.16. The second-order valence-corrected chi connectivity index (χ2v) is 16.0. The van der Waals surface area contributed by atoms with Gasteiger partial charge in [0, 0.05) is 65.1 Å². The van der Waals surface area contributed by atoms with Gasteiger partial charge in [-0.25, -0.2) is 19.9 Å². The number of ether oxygens (including phenoxy) is 4. The zero-order chi connectivity index (χ0) is 45.1. The van der Waals surface area contributed by atoms with Crippen molar-refractivity contribution in [3.8, 4) is 85.6 Å². The molecule has 7 aromatic carbocycles. The van der Waals surface area contributed by atoms with E-state index in [0.29, 0.717) is 52.2 Å². The summed E-state index contributed by atoms with van der Waals surface area (Å²) in [4.78, 5) is 19.2. The van der Waals surface area contributed by atoms with E-state index in [2.05, 4.69) is 107 Å². The van der Waals surface area contributed by atoms with E-state index in [0.717, 1.165) is 66.6 Å². The molecular formula is C58H41N5O4. The second-order valence-electron chi connectivity index (χ2n) is 16.0. The minimum atomic E-state index is 0.497. The highest BCUT2D eigenvalue weighted by molar-refractivity contribution is 6.09. The molecule has 0 aliphatic rings. The quantitative estimate of drug-likeness (QED) is 0.120. The fourth-order valence-electron chi connectivity index (χ4n) is 8.43. The van der Waals surface area contributed by atoms with Gasteiger partial charge in [-0.3, -0.25) is 4.57 Å². The Morgan fingerprint density at radius 2 is 0.761 bits per heavy atom. The highest BCUT2D eigenvalue weighted by Crippen LogP contribution is 2.40. The van der Waals surface area contributed by atoms with Crippen molar-refractivity contribution in [1.29, 1.82) is 0 Å². The zero-order valence-corrected chi connectivity index (χ0v) is 36.6. The molecule has 9 heteroatoms. The van der Waals surface area contributed by atoms with Gasteiger partial charge in [-0.1, -0.05) is 84.9 Å². The first kappa shape index (κ1) is 40.7. The SMILES string of the molecule is Cc1nc(-n2c3cc(Oc4cccc(Oc5ccccn5)c4)ccc3c3ccc(Oc4cccc(Oc5ccccn5)c4)cc32)nc(C)c1-c1cc(-c2ccccc2)cc(-c2ccccc2)c1. The Bertz CT molecular complexity index is 3320. The summed E-state index contributed by atoms with van der Waals surface area (Å²) in [6.45, 7) is 4.11. The summed E-state index contributed by atoms with van der Waals surface area (Å²) in [6, 6.07) is 65.9. The molecule has 0 unspecified atom stereocenters. The second kappa shape index (κ2) is 17.8. The Balaban J connectivity index is 1.02. The van der Waals surface area contributed by atoms with Gasteiger partial charge in [0.25, 0.3) is 0 Å². The Kier molecular flexibility index (Phi) is 10.8. The van der Waals surface area contributed by atoms with Crippen molar-refractivity contribution in [1.82, 2.24) is 24.5 Å². The van der Waals surface area contributed by atoms with E-state index in [4.69, 9.17) is 28.9 Å². The maximum absolute atomic E-state index is 6.53. The molecule has 0 aliphatic carbocycles. The Labute approximate surface area is 387 Å². The number of hydrogen-bond donors (Lipinski definition) is 0. The van der Waals surface area contributed by atoms with Gasteiger partial charge >= 0.3 is 0 Å². The van der Waals surface area contributed by atoms with Crippen LogP contribution >= 0.6 is 0 Å². The maximum atomic E-state index is 6.53. The number of nitrogens with zero attached hydrogens (tertiary/aromatic N) is 5. The Hall–Kier alpha value is -9.08. The summed E-state index contributed by atoms with van der Waals surface area (Å²) < 4.78 is 27.2. The maximum Gasteiger partial charge on any atom is 0.235 e. The average Bonchev–Trinajstić information content (AvgIpc) is 3.68. The van der Waals surface area contributed by atoms with Crippen LogP contribution in [0.4, 0.5) is 0 Å². The fraction of sp³-hybridized carbons (Fsp3) is 0.0345. The molecule has 0 bridgehead atoms. The van der Waals surface area contributed by atoms with Gasteiger partial charge in [0.1, 0.15) is 34.5 Å². The lowest BCUT2D eigenvalue weighted by atomic mass is 9.92. The predicted molar refractivity (Wildman–Crippen MR) is 264 cm³/mol. The first-order valence-corrected chi connectivity index (χ1v) is 21.9. The van der Waals surface area contributed by atoms with E-state index in [1.807, 2.05) is 121 Å². The molecule has 67 heavy (non-hydrogen) atoms. The van der Waals surface area contributed by atoms with Crippen LogP contribution < -0.4 is 18.9 Å². The molecule has 0 fully saturated rings. The smallest absolute Gasteiger partial charge is 0.235 e. The van der Waals surface area contributed by atoms with Gasteiger partial charge < -0.3 is 18.9 Å². The topological polar surface area (TPSA) is 93.4 Å². The number of fused-ring (bicyclic) bond motifs is 3. The van der Waals surface area contributed by atoms with Crippen LogP contribution in [0.25, 0.3) is 61.1 Å². The Morgan fingerprint density at radius 3 is 1.21 bits per heavy atom. The van der Waals surface area contributed by atoms with Crippen LogP contribution in [0.5, 0.6) is 46.3 Å². The van der Waals surface area contributed by atoms with E-state index in [1.165, 1.54) is 0 Å². The standard InChI is InChI=1S/C58H41N5O4/c1-38-57(44-32-42(40-15-5-3-6-16-40)31-43(33-44)41-17-7-4-8-18-41)39(2)62-58(61-38)63-53-36-49(64-45-19-13-21-47(34-45)66-55-23-9-11-29-59-55)25-27-51(53)52-28-26-50(37-54(52)63)65-46-20-14-22-48(35-46)67-56-24-10-12-30-60-56/h3-37H,1-2H3. The van der Waals surface area contributed by atoms with Gasteiger partial charge in [-0.15, -0.1) is 0 Å². The molecule has 4 aromatic heterocycles. The van der Waals surface area contributed by atoms with Crippen LogP contribution in [0, 0.1) is 13.8 Å². The van der Waals surface area contributed by atoms with Crippen LogP contribution in [0.15, 0.2) is 213 Å². The van der Waals surface area contributed by atoms with Crippen molar-refractivity contribution in [3.63, 3.8) is 0 Å². The molecule has 0 spiro atoms. The van der Waals surface area contributed by atoms with E-state index in [1.54, 1.807) is 12.4 Å². The predicted octanol–water partition coefficient (Wildman–Crippen LogP) is 15.2. The minimum absolute atomic E-state index is 0.497. The molecule has 322 valence electrons. The number of aromatic nitrogens is 5. The van der Waals surface area contributed by atoms with Gasteiger partial charge in [0.05, 0.1) is 22.4 Å². The van der Waals surface area contributed by atoms with Crippen LogP contribution in [0.2, 0.25) is 0 Å². The molecule has 0 radical (unpaired) electrons. The van der Waals surface area contributed by atoms with E-state index >= 15 is 0 Å². The molecule has 0 saturated carbocycles. The molecular weight excluding hydrogens is 831 g/mol. The summed E-state index contributed by atoms with van der Waals surface area (Å²) in [5.74, 6) is 5.21. The summed E-state index contributed by atoms with van der Waals surface area (Å²) in [7, 11) is 0. The Morgan fingerprint density at radius 1 is 0.343 bits per heavy atom. The first-order chi connectivity index (χ1) is 33.0. The molecule has 0 amide bonds. The average molecular weight is 872 g/mol. The number of pyridine rings is 2. The van der Waals surface area contributed by atoms with Crippen LogP contribution in [0.1, 0.15) is 11.4 Å². The number of rotatable bonds is 12. The monoisotopic (exact) mass is 871 g/mol. The van der Waals surface area contributed by atoms with Crippen molar-refractivity contribution in [2.24, 2.45) is 0 Å². The fourth-order valence-corrected chi connectivity index (χ4v) is 8.43. The molecule has 11 rings (SSSR count). The molecule has 0 N–H and O–H groups in total. The zero-order valence-electron chi connectivity index (χ0n) is 36.6. The van der Waals surface area contributed by atoms with Crippen molar-refractivity contribution in [2.75, 3.05) is 0 Å². The molecule has 9 nitrogen and oxygen atoms in total. The lowest BCUT2D eigenvalue weighted by Crippen LogP contribution is -2.06.